The second-order valence-corrected chi connectivity index (χ2v) is 9.20. The Morgan fingerprint density at radius 1 is 1.03 bits per heavy atom. The number of nitrogens with one attached hydrogen (secondary N) is 2. The maximum absolute atomic E-state index is 13.3. The van der Waals surface area contributed by atoms with E-state index < -0.39 is 0 Å². The van der Waals surface area contributed by atoms with E-state index in [0.717, 1.165) is 68.1 Å². The van der Waals surface area contributed by atoms with Crippen molar-refractivity contribution in [1.82, 2.24) is 20.0 Å². The average Bonchev–Trinajstić information content (AvgIpc) is 3.45. The zero-order valence-corrected chi connectivity index (χ0v) is 19.7. The number of fused-ring (bicyclic) bond motifs is 1. The second kappa shape index (κ2) is 10.4. The van der Waals surface area contributed by atoms with Gasteiger partial charge < -0.3 is 10.1 Å². The highest BCUT2D eigenvalue weighted by Crippen LogP contribution is 2.31. The van der Waals surface area contributed by atoms with Crippen LogP contribution in [-0.2, 0) is 17.6 Å². The molecule has 3 aromatic rings. The van der Waals surface area contributed by atoms with Gasteiger partial charge in [0.2, 0.25) is 0 Å². The summed E-state index contributed by atoms with van der Waals surface area (Å²) in [4.78, 5) is 15.7. The molecule has 2 heterocycles. The van der Waals surface area contributed by atoms with Crippen LogP contribution in [0.1, 0.15) is 35.6 Å². The third-order valence-electron chi connectivity index (χ3n) is 6.94. The minimum absolute atomic E-state index is 0.0168. The van der Waals surface area contributed by atoms with Crippen LogP contribution in [0.15, 0.2) is 60.7 Å². The number of aromatic nitrogens is 2. The topological polar surface area (TPSA) is 71.4 Å². The highest BCUT2D eigenvalue weighted by atomic mass is 16.5. The number of ether oxygens (including phenoxy) is 1. The summed E-state index contributed by atoms with van der Waals surface area (Å²) in [5.74, 6) is 1.03. The Morgan fingerprint density at radius 3 is 2.53 bits per heavy atom. The van der Waals surface area contributed by atoms with Crippen molar-refractivity contribution in [2.24, 2.45) is 0 Å². The lowest BCUT2D eigenvalue weighted by Gasteiger charge is -2.21. The molecule has 0 saturated carbocycles. The van der Waals surface area contributed by atoms with Gasteiger partial charge in [0.1, 0.15) is 5.82 Å². The van der Waals surface area contributed by atoms with Crippen LogP contribution in [0.3, 0.4) is 0 Å². The first-order valence-corrected chi connectivity index (χ1v) is 12.2. The van der Waals surface area contributed by atoms with E-state index in [1.807, 2.05) is 41.1 Å². The van der Waals surface area contributed by atoms with E-state index in [0.29, 0.717) is 6.61 Å². The standard InChI is InChI=1S/C27H33N5O2/c1-34-17-16-31-18-23(20-10-4-2-5-11-20)25(19-31)28-27(33)29-26-22-14-8-9-15-24(22)30-32(26)21-12-6-3-7-13-21/h2-7,10-13,23,25H,8-9,14-19H2,1H3,(H2,28,29,33)/t23-,25+/m1/s1. The number of hydrogen-bond donors (Lipinski definition) is 2. The molecule has 2 aromatic carbocycles. The second-order valence-electron chi connectivity index (χ2n) is 9.20. The van der Waals surface area contributed by atoms with E-state index in [9.17, 15) is 4.79 Å². The average molecular weight is 460 g/mol. The van der Waals surface area contributed by atoms with E-state index in [2.05, 4.69) is 39.8 Å². The van der Waals surface area contributed by atoms with Gasteiger partial charge in [-0.05, 0) is 43.4 Å². The zero-order valence-electron chi connectivity index (χ0n) is 19.7. The Kier molecular flexibility index (Phi) is 6.92. The number of benzene rings is 2. The SMILES string of the molecule is COCCN1C[C@H](NC(=O)Nc2c3c(nn2-c2ccccc2)CCCC3)[C@@H](c2ccccc2)C1. The normalized spacial score (nSPS) is 20.1. The molecule has 2 amide bonds. The molecule has 2 atom stereocenters. The molecule has 5 rings (SSSR count). The lowest BCUT2D eigenvalue weighted by Crippen LogP contribution is -2.42. The number of nitrogens with zero attached hydrogens (tertiary/aromatic N) is 3. The Morgan fingerprint density at radius 2 is 1.76 bits per heavy atom. The first-order valence-electron chi connectivity index (χ1n) is 12.2. The van der Waals surface area contributed by atoms with Gasteiger partial charge in [0, 0.05) is 38.2 Å². The van der Waals surface area contributed by atoms with Crippen LogP contribution in [0.4, 0.5) is 10.6 Å². The molecule has 0 bridgehead atoms. The molecule has 34 heavy (non-hydrogen) atoms. The lowest BCUT2D eigenvalue weighted by molar-refractivity contribution is 0.159. The molecule has 1 aliphatic heterocycles. The third kappa shape index (κ3) is 4.86. The van der Waals surface area contributed by atoms with Crippen molar-refractivity contribution in [3.05, 3.63) is 77.5 Å². The summed E-state index contributed by atoms with van der Waals surface area (Å²) in [6, 6.07) is 20.3. The number of carbonyl (C=O) groups is 1. The molecule has 2 aliphatic rings. The Bertz CT molecular complexity index is 1100. The molecule has 7 heteroatoms. The molecular formula is C27H33N5O2. The number of aryl methyl sites for hydroxylation is 1. The van der Waals surface area contributed by atoms with Crippen LogP contribution in [0, 0.1) is 0 Å². The van der Waals surface area contributed by atoms with Gasteiger partial charge in [0.25, 0.3) is 0 Å². The highest BCUT2D eigenvalue weighted by Gasteiger charge is 2.35. The summed E-state index contributed by atoms with van der Waals surface area (Å²) >= 11 is 0. The van der Waals surface area contributed by atoms with Crippen molar-refractivity contribution >= 4 is 11.8 Å². The first kappa shape index (κ1) is 22.6. The van der Waals surface area contributed by atoms with E-state index in [1.165, 1.54) is 5.56 Å². The van der Waals surface area contributed by atoms with Crippen LogP contribution >= 0.6 is 0 Å². The van der Waals surface area contributed by atoms with Gasteiger partial charge in [-0.3, -0.25) is 10.2 Å². The first-order chi connectivity index (χ1) is 16.7. The number of anilines is 1. The van der Waals surface area contributed by atoms with Crippen molar-refractivity contribution in [3.8, 4) is 5.69 Å². The van der Waals surface area contributed by atoms with Gasteiger partial charge in [-0.1, -0.05) is 48.5 Å². The smallest absolute Gasteiger partial charge is 0.320 e. The van der Waals surface area contributed by atoms with Crippen molar-refractivity contribution in [3.63, 3.8) is 0 Å². The number of carbonyl (C=O) groups excluding carboxylic acids is 1. The molecule has 1 fully saturated rings. The van der Waals surface area contributed by atoms with Crippen LogP contribution < -0.4 is 10.6 Å². The van der Waals surface area contributed by atoms with Crippen molar-refractivity contribution < 1.29 is 9.53 Å². The van der Waals surface area contributed by atoms with Crippen LogP contribution in [0.5, 0.6) is 0 Å². The Labute approximate surface area is 201 Å². The number of methoxy groups -OCH3 is 1. The van der Waals surface area contributed by atoms with Crippen LogP contribution in [-0.4, -0.2) is 60.1 Å². The maximum Gasteiger partial charge on any atom is 0.320 e. The monoisotopic (exact) mass is 459 g/mol. The molecular weight excluding hydrogens is 426 g/mol. The molecule has 178 valence electrons. The van der Waals surface area contributed by atoms with Gasteiger partial charge in [0.05, 0.1) is 24.0 Å². The van der Waals surface area contributed by atoms with Gasteiger partial charge in [-0.2, -0.15) is 5.10 Å². The lowest BCUT2D eigenvalue weighted by atomic mass is 9.94. The molecule has 7 nitrogen and oxygen atoms in total. The van der Waals surface area contributed by atoms with E-state index in [-0.39, 0.29) is 18.0 Å². The van der Waals surface area contributed by atoms with Gasteiger partial charge in [-0.15, -0.1) is 0 Å². The molecule has 0 spiro atoms. The fourth-order valence-corrected chi connectivity index (χ4v) is 5.22. The fraction of sp³-hybridized carbons (Fsp3) is 0.407. The molecule has 1 saturated heterocycles. The summed E-state index contributed by atoms with van der Waals surface area (Å²) in [6.07, 6.45) is 4.16. The predicted molar refractivity (Wildman–Crippen MR) is 134 cm³/mol. The quantitative estimate of drug-likeness (QED) is 0.561. The van der Waals surface area contributed by atoms with E-state index in [4.69, 9.17) is 9.84 Å². The van der Waals surface area contributed by atoms with Crippen molar-refractivity contribution in [2.45, 2.75) is 37.6 Å². The fourth-order valence-electron chi connectivity index (χ4n) is 5.22. The third-order valence-corrected chi connectivity index (χ3v) is 6.94. The Balaban J connectivity index is 1.36. The minimum atomic E-state index is -0.176. The van der Waals surface area contributed by atoms with Crippen LogP contribution in [0.25, 0.3) is 5.69 Å². The zero-order chi connectivity index (χ0) is 23.3. The summed E-state index contributed by atoms with van der Waals surface area (Å²) in [7, 11) is 1.73. The number of para-hydroxylation sites is 1. The number of urea groups is 1. The molecule has 1 aromatic heterocycles. The number of amides is 2. The Hall–Kier alpha value is -3.16. The predicted octanol–water partition coefficient (Wildman–Crippen LogP) is 3.99. The summed E-state index contributed by atoms with van der Waals surface area (Å²) < 4.78 is 7.18. The van der Waals surface area contributed by atoms with Gasteiger partial charge in [0.15, 0.2) is 0 Å². The number of likely N-dealkylation sites (tertiary alicyclic amines) is 1. The minimum Gasteiger partial charge on any atom is -0.383 e. The van der Waals surface area contributed by atoms with E-state index in [1.54, 1.807) is 7.11 Å². The number of rotatable bonds is 7. The van der Waals surface area contributed by atoms with Crippen molar-refractivity contribution in [2.75, 3.05) is 38.7 Å². The number of hydrogen-bond acceptors (Lipinski definition) is 4. The summed E-state index contributed by atoms with van der Waals surface area (Å²) in [5.41, 5.74) is 4.47. The largest absolute Gasteiger partial charge is 0.383 e. The van der Waals surface area contributed by atoms with E-state index >= 15 is 0 Å². The van der Waals surface area contributed by atoms with Crippen LogP contribution in [0.2, 0.25) is 0 Å². The van der Waals surface area contributed by atoms with Gasteiger partial charge >= 0.3 is 6.03 Å². The van der Waals surface area contributed by atoms with Gasteiger partial charge in [-0.25, -0.2) is 9.48 Å². The molecule has 0 unspecified atom stereocenters. The maximum atomic E-state index is 13.3. The molecule has 0 radical (unpaired) electrons. The molecule has 1 aliphatic carbocycles. The molecule has 2 N–H and O–H groups in total. The summed E-state index contributed by atoms with van der Waals surface area (Å²) in [6.45, 7) is 3.23. The van der Waals surface area contributed by atoms with Crippen molar-refractivity contribution in [1.29, 1.82) is 0 Å². The highest BCUT2D eigenvalue weighted by molar-refractivity contribution is 5.90. The summed E-state index contributed by atoms with van der Waals surface area (Å²) in [5, 5.41) is 11.3.